The fourth-order valence-corrected chi connectivity index (χ4v) is 3.47. The molecular weight excluding hydrogens is 372 g/mol. The average Bonchev–Trinajstić information content (AvgIpc) is 2.65. The van der Waals surface area contributed by atoms with Crippen LogP contribution in [0.5, 0.6) is 0 Å². The van der Waals surface area contributed by atoms with Crippen molar-refractivity contribution in [3.63, 3.8) is 0 Å². The van der Waals surface area contributed by atoms with Crippen LogP contribution in [-0.2, 0) is 9.53 Å². The van der Waals surface area contributed by atoms with Gasteiger partial charge in [-0.15, -0.1) is 0 Å². The van der Waals surface area contributed by atoms with Gasteiger partial charge in [-0.3, -0.25) is 20.3 Å². The molecule has 1 unspecified atom stereocenters. The maximum absolute atomic E-state index is 13.6. The fourth-order valence-electron chi connectivity index (χ4n) is 3.47. The second-order valence-corrected chi connectivity index (χ2v) is 8.29. The third-order valence-electron chi connectivity index (χ3n) is 4.74. The molecule has 1 aromatic carbocycles. The van der Waals surface area contributed by atoms with Crippen molar-refractivity contribution in [2.45, 2.75) is 64.1 Å². The minimum atomic E-state index is -1.64. The lowest BCUT2D eigenvalue weighted by molar-refractivity contribution is -0.136. The van der Waals surface area contributed by atoms with Crippen LogP contribution in [0.3, 0.4) is 0 Å². The van der Waals surface area contributed by atoms with E-state index in [0.717, 1.165) is 0 Å². The van der Waals surface area contributed by atoms with Gasteiger partial charge < -0.3 is 15.4 Å². The molecule has 29 heavy (non-hydrogen) atoms. The Morgan fingerprint density at radius 2 is 1.83 bits per heavy atom. The van der Waals surface area contributed by atoms with E-state index in [0.29, 0.717) is 18.4 Å². The number of amides is 2. The molecule has 0 saturated carbocycles. The number of ketones is 1. The fraction of sp³-hybridized carbons (Fsp3) is 0.524. The first-order valence-electron chi connectivity index (χ1n) is 9.75. The molecular formula is C21H30N4O4. The van der Waals surface area contributed by atoms with Crippen LogP contribution in [0.2, 0.25) is 0 Å². The van der Waals surface area contributed by atoms with Crippen molar-refractivity contribution in [1.29, 1.82) is 5.41 Å². The molecule has 0 spiro atoms. The third kappa shape index (κ3) is 5.00. The van der Waals surface area contributed by atoms with Gasteiger partial charge in [-0.25, -0.2) is 4.79 Å². The van der Waals surface area contributed by atoms with Crippen molar-refractivity contribution >= 4 is 23.6 Å². The van der Waals surface area contributed by atoms with E-state index in [4.69, 9.17) is 15.9 Å². The summed E-state index contributed by atoms with van der Waals surface area (Å²) in [5, 5.41) is 11.0. The summed E-state index contributed by atoms with van der Waals surface area (Å²) in [5.41, 5.74) is 3.77. The number of likely N-dealkylation sites (tertiary alicyclic amines) is 1. The summed E-state index contributed by atoms with van der Waals surface area (Å²) in [5.74, 6) is -1.24. The molecule has 1 heterocycles. The van der Waals surface area contributed by atoms with Crippen LogP contribution in [0, 0.1) is 5.41 Å². The Kier molecular flexibility index (Phi) is 6.79. The smallest absolute Gasteiger partial charge is 0.413 e. The molecule has 4 N–H and O–H groups in total. The van der Waals surface area contributed by atoms with Gasteiger partial charge in [-0.05, 0) is 47.0 Å². The highest BCUT2D eigenvalue weighted by Crippen LogP contribution is 2.33. The molecule has 158 valence electrons. The molecule has 8 heteroatoms. The molecule has 0 bridgehead atoms. The first-order chi connectivity index (χ1) is 13.5. The number of ether oxygens (including phenoxy) is 1. The van der Waals surface area contributed by atoms with E-state index in [1.165, 1.54) is 4.90 Å². The third-order valence-corrected chi connectivity index (χ3v) is 4.74. The van der Waals surface area contributed by atoms with Crippen molar-refractivity contribution in [2.24, 2.45) is 5.73 Å². The molecule has 0 aromatic heterocycles. The van der Waals surface area contributed by atoms with Gasteiger partial charge in [0.25, 0.3) is 0 Å². The van der Waals surface area contributed by atoms with Crippen LogP contribution >= 0.6 is 0 Å². The number of amidine groups is 1. The van der Waals surface area contributed by atoms with Gasteiger partial charge in [-0.2, -0.15) is 0 Å². The predicted octanol–water partition coefficient (Wildman–Crippen LogP) is 2.47. The van der Waals surface area contributed by atoms with E-state index >= 15 is 0 Å². The molecule has 8 nitrogen and oxygen atoms in total. The lowest BCUT2D eigenvalue weighted by Gasteiger charge is -2.46. The first kappa shape index (κ1) is 22.5. The molecule has 1 aliphatic rings. The van der Waals surface area contributed by atoms with Crippen LogP contribution in [0.1, 0.15) is 57.3 Å². The van der Waals surface area contributed by atoms with E-state index < -0.39 is 35.0 Å². The Morgan fingerprint density at radius 1 is 1.21 bits per heavy atom. The summed E-state index contributed by atoms with van der Waals surface area (Å²) in [6.45, 7) is 6.92. The van der Waals surface area contributed by atoms with E-state index in [1.807, 2.05) is 0 Å². The zero-order valence-electron chi connectivity index (χ0n) is 17.5. The molecule has 1 aromatic rings. The monoisotopic (exact) mass is 402 g/mol. The second kappa shape index (κ2) is 8.73. The number of hydrogen-bond acceptors (Lipinski definition) is 6. The summed E-state index contributed by atoms with van der Waals surface area (Å²) < 4.78 is 5.24. The van der Waals surface area contributed by atoms with E-state index in [2.05, 4.69) is 5.32 Å². The highest BCUT2D eigenvalue weighted by molar-refractivity contribution is 6.22. The number of nitrogens with zero attached hydrogens (tertiary/aromatic N) is 1. The molecule has 0 radical (unpaired) electrons. The minimum absolute atomic E-state index is 0.216. The van der Waals surface area contributed by atoms with Crippen LogP contribution < -0.4 is 11.1 Å². The quantitative estimate of drug-likeness (QED) is 0.405. The highest BCUT2D eigenvalue weighted by atomic mass is 16.6. The normalized spacial score (nSPS) is 20.5. The summed E-state index contributed by atoms with van der Waals surface area (Å²) >= 11 is 0. The minimum Gasteiger partial charge on any atom is -0.444 e. The summed E-state index contributed by atoms with van der Waals surface area (Å²) in [7, 11) is 0. The maximum atomic E-state index is 13.6. The number of carbonyl (C=O) groups excluding carboxylic acids is 3. The Labute approximate surface area is 171 Å². The second-order valence-electron chi connectivity index (χ2n) is 8.29. The van der Waals surface area contributed by atoms with Crippen LogP contribution in [-0.4, -0.2) is 52.2 Å². The van der Waals surface area contributed by atoms with Crippen molar-refractivity contribution < 1.29 is 19.1 Å². The summed E-state index contributed by atoms with van der Waals surface area (Å²) in [6.07, 6.45) is 0.677. The number of benzene rings is 1. The topological polar surface area (TPSA) is 126 Å². The van der Waals surface area contributed by atoms with Gasteiger partial charge in [0.1, 0.15) is 11.4 Å². The Hall–Kier alpha value is -2.74. The van der Waals surface area contributed by atoms with Crippen molar-refractivity contribution in [1.82, 2.24) is 10.2 Å². The van der Waals surface area contributed by atoms with Crippen molar-refractivity contribution in [2.75, 3.05) is 6.54 Å². The lowest BCUT2D eigenvalue weighted by Crippen LogP contribution is -2.69. The number of Topliss-reactive ketones (excluding diaryl/α,β-unsaturated/α-hetero) is 1. The maximum Gasteiger partial charge on any atom is 0.413 e. The van der Waals surface area contributed by atoms with Crippen LogP contribution in [0.4, 0.5) is 4.79 Å². The molecule has 2 atom stereocenters. The summed E-state index contributed by atoms with van der Waals surface area (Å²) in [6, 6.07) is 7.63. The van der Waals surface area contributed by atoms with E-state index in [1.54, 1.807) is 58.0 Å². The number of nitrogens with two attached hydrogens (primary N) is 1. The average molecular weight is 402 g/mol. The SMILES string of the molecule is C[C@H](N)C(=O)N1CCCCC1(C(=N)NC(=O)OC(C)(C)C)C(=O)c1ccccc1. The van der Waals surface area contributed by atoms with E-state index in [9.17, 15) is 14.4 Å². The molecule has 0 aliphatic carbocycles. The van der Waals surface area contributed by atoms with E-state index in [-0.39, 0.29) is 18.8 Å². The lowest BCUT2D eigenvalue weighted by atomic mass is 9.78. The van der Waals surface area contributed by atoms with Gasteiger partial charge in [0.05, 0.1) is 6.04 Å². The molecule has 2 rings (SSSR count). The van der Waals surface area contributed by atoms with Gasteiger partial charge >= 0.3 is 6.09 Å². The largest absolute Gasteiger partial charge is 0.444 e. The van der Waals surface area contributed by atoms with Gasteiger partial charge in [0.15, 0.2) is 11.3 Å². The standard InChI is InChI=1S/C21H30N4O4/c1-14(22)17(27)25-13-9-8-12-21(25,16(26)15-10-6-5-7-11-15)18(23)24-19(28)29-20(2,3)4/h5-7,10-11,14H,8-9,12-13,22H2,1-4H3,(H2,23,24,28)/t14-,21?/m0/s1. The van der Waals surface area contributed by atoms with Crippen molar-refractivity contribution in [3.05, 3.63) is 35.9 Å². The van der Waals surface area contributed by atoms with Crippen molar-refractivity contribution in [3.8, 4) is 0 Å². The van der Waals surface area contributed by atoms with Gasteiger partial charge in [0.2, 0.25) is 5.91 Å². The van der Waals surface area contributed by atoms with Crippen LogP contribution in [0.15, 0.2) is 30.3 Å². The number of nitrogens with one attached hydrogen (secondary N) is 2. The number of alkyl carbamates (subject to hydrolysis) is 1. The molecule has 1 fully saturated rings. The Bertz CT molecular complexity index is 786. The van der Waals surface area contributed by atoms with Gasteiger partial charge in [-0.1, -0.05) is 30.3 Å². The number of rotatable bonds is 4. The van der Waals surface area contributed by atoms with Gasteiger partial charge in [0, 0.05) is 12.1 Å². The zero-order valence-corrected chi connectivity index (χ0v) is 17.5. The molecule has 1 saturated heterocycles. The zero-order chi connectivity index (χ0) is 21.8. The highest BCUT2D eigenvalue weighted by Gasteiger charge is 2.52. The number of piperidine rings is 1. The number of hydrogen-bond donors (Lipinski definition) is 3. The Morgan fingerprint density at radius 3 is 2.38 bits per heavy atom. The first-order valence-corrected chi connectivity index (χ1v) is 9.75. The summed E-state index contributed by atoms with van der Waals surface area (Å²) in [4.78, 5) is 40.1. The molecule has 2 amide bonds. The Balaban J connectivity index is 2.49. The number of carbonyl (C=O) groups is 3. The van der Waals surface area contributed by atoms with Crippen LogP contribution in [0.25, 0.3) is 0 Å². The predicted molar refractivity (Wildman–Crippen MR) is 110 cm³/mol. The molecule has 1 aliphatic heterocycles.